The highest BCUT2D eigenvalue weighted by Crippen LogP contribution is 2.44. The summed E-state index contributed by atoms with van der Waals surface area (Å²) in [4.78, 5) is 0. The van der Waals surface area contributed by atoms with Crippen LogP contribution in [0.1, 0.15) is 27.6 Å². The molecule has 0 radical (unpaired) electrons. The van der Waals surface area contributed by atoms with Crippen molar-refractivity contribution in [3.05, 3.63) is 59.0 Å². The minimum absolute atomic E-state index is 0.278. The second kappa shape index (κ2) is 7.20. The Morgan fingerprint density at radius 3 is 2.43 bits per heavy atom. The van der Waals surface area contributed by atoms with E-state index in [1.54, 1.807) is 7.11 Å². The van der Waals surface area contributed by atoms with E-state index >= 15 is 0 Å². The summed E-state index contributed by atoms with van der Waals surface area (Å²) in [6, 6.07) is 8.23. The molecule has 0 aliphatic carbocycles. The zero-order valence-electron chi connectivity index (χ0n) is 11.8. The molecule has 2 aromatic rings. The monoisotopic (exact) mass is 542 g/mol. The Hall–Kier alpha value is 0.220. The molecule has 0 fully saturated rings. The average molecular weight is 544 g/mol. The van der Waals surface area contributed by atoms with Gasteiger partial charge in [-0.25, -0.2) is 0 Å². The molecule has 0 heterocycles. The van der Waals surface area contributed by atoms with Gasteiger partial charge in [-0.3, -0.25) is 0 Å². The van der Waals surface area contributed by atoms with Crippen LogP contribution in [-0.2, 0) is 0 Å². The molecule has 0 aromatic heterocycles. The summed E-state index contributed by atoms with van der Waals surface area (Å²) in [7, 11) is 1.69. The van der Waals surface area contributed by atoms with Gasteiger partial charge >= 0.3 is 0 Å². The van der Waals surface area contributed by atoms with Gasteiger partial charge in [0.05, 0.1) is 12.5 Å². The fourth-order valence-corrected chi connectivity index (χ4v) is 4.44. The minimum Gasteiger partial charge on any atom is -0.496 e. The highest BCUT2D eigenvalue weighted by atomic mass is 127. The molecule has 0 spiro atoms. The van der Waals surface area contributed by atoms with Crippen molar-refractivity contribution in [1.82, 2.24) is 0 Å². The van der Waals surface area contributed by atoms with Crippen molar-refractivity contribution in [2.24, 2.45) is 0 Å². The van der Waals surface area contributed by atoms with Gasteiger partial charge in [0.2, 0.25) is 0 Å². The maximum Gasteiger partial charge on any atom is 0.127 e. The number of rotatable bonds is 3. The minimum atomic E-state index is -0.278. The first-order valence-corrected chi connectivity index (χ1v) is 9.39. The molecule has 5 heteroatoms. The zero-order chi connectivity index (χ0) is 15.7. The molecule has 0 amide bonds. The first-order chi connectivity index (χ1) is 9.86. The number of benzene rings is 2. The molecule has 2 rings (SSSR count). The van der Waals surface area contributed by atoms with Gasteiger partial charge in [-0.15, -0.1) is 11.6 Å². The Morgan fingerprint density at radius 2 is 1.81 bits per heavy atom. The molecule has 112 valence electrons. The van der Waals surface area contributed by atoms with E-state index in [2.05, 4.69) is 73.5 Å². The lowest BCUT2D eigenvalue weighted by molar-refractivity contribution is 0.406. The maximum absolute atomic E-state index is 6.81. The molecule has 1 atom stereocenters. The lowest BCUT2D eigenvalue weighted by Gasteiger charge is -2.21. The highest BCUT2D eigenvalue weighted by Gasteiger charge is 2.23. The van der Waals surface area contributed by atoms with Crippen molar-refractivity contribution in [1.29, 1.82) is 0 Å². The summed E-state index contributed by atoms with van der Waals surface area (Å²) in [6.07, 6.45) is 0. The van der Waals surface area contributed by atoms with E-state index in [0.717, 1.165) is 40.5 Å². The number of alkyl halides is 1. The molecule has 0 N–H and O–H groups in total. The van der Waals surface area contributed by atoms with Gasteiger partial charge in [0.15, 0.2) is 0 Å². The van der Waals surface area contributed by atoms with Crippen LogP contribution in [-0.4, -0.2) is 7.11 Å². The van der Waals surface area contributed by atoms with Gasteiger partial charge in [-0.2, -0.15) is 0 Å². The van der Waals surface area contributed by atoms with Gasteiger partial charge in [0.1, 0.15) is 5.75 Å². The molecule has 0 saturated heterocycles. The lowest BCUT2D eigenvalue weighted by atomic mass is 9.96. The summed E-state index contributed by atoms with van der Waals surface area (Å²) in [5, 5.41) is -0.278. The molecule has 0 saturated carbocycles. The Balaban J connectivity index is 2.68. The van der Waals surface area contributed by atoms with Crippen molar-refractivity contribution < 1.29 is 4.74 Å². The summed E-state index contributed by atoms with van der Waals surface area (Å²) in [5.41, 5.74) is 4.22. The van der Waals surface area contributed by atoms with E-state index in [1.165, 1.54) is 0 Å². The Kier molecular flexibility index (Phi) is 6.02. The smallest absolute Gasteiger partial charge is 0.127 e. The molecule has 0 aliphatic rings. The number of methoxy groups -OCH3 is 1. The van der Waals surface area contributed by atoms with E-state index in [9.17, 15) is 0 Å². The number of hydrogen-bond acceptors (Lipinski definition) is 1. The number of halogens is 4. The Morgan fingerprint density at radius 1 is 1.14 bits per heavy atom. The van der Waals surface area contributed by atoms with Gasteiger partial charge in [-0.1, -0.05) is 31.9 Å². The molecular formula is C16H14Br2ClIO. The van der Waals surface area contributed by atoms with E-state index in [1.807, 2.05) is 19.1 Å². The van der Waals surface area contributed by atoms with Gasteiger partial charge < -0.3 is 4.74 Å². The van der Waals surface area contributed by atoms with E-state index in [-0.39, 0.29) is 5.38 Å². The standard InChI is InChI=1S/C16H14Br2ClIO/c1-8-6-13(18)9(2)14(16(8)21-3)15(19)11-7-10(20)4-5-12(11)17/h4-7,15H,1-3H3. The fraction of sp³-hybridized carbons (Fsp3) is 0.250. The Bertz CT molecular complexity index is 688. The lowest BCUT2D eigenvalue weighted by Crippen LogP contribution is -2.04. The molecule has 21 heavy (non-hydrogen) atoms. The van der Waals surface area contributed by atoms with Crippen LogP contribution >= 0.6 is 66.1 Å². The quantitative estimate of drug-likeness (QED) is 0.306. The zero-order valence-corrected chi connectivity index (χ0v) is 17.9. The van der Waals surface area contributed by atoms with Crippen LogP contribution in [0.5, 0.6) is 5.75 Å². The van der Waals surface area contributed by atoms with Crippen molar-refractivity contribution in [2.75, 3.05) is 7.11 Å². The third-order valence-electron chi connectivity index (χ3n) is 3.40. The molecule has 0 bridgehead atoms. The second-order valence-electron chi connectivity index (χ2n) is 4.78. The predicted octanol–water partition coefficient (Wildman–Crippen LogP) is 6.77. The number of aryl methyl sites for hydroxylation is 1. The molecular weight excluding hydrogens is 530 g/mol. The topological polar surface area (TPSA) is 9.23 Å². The molecule has 2 aromatic carbocycles. The fourth-order valence-electron chi connectivity index (χ4n) is 2.32. The van der Waals surface area contributed by atoms with E-state index < -0.39 is 0 Å². The molecule has 0 aliphatic heterocycles. The van der Waals surface area contributed by atoms with Crippen LogP contribution in [0.4, 0.5) is 0 Å². The van der Waals surface area contributed by atoms with Crippen LogP contribution in [0, 0.1) is 17.4 Å². The van der Waals surface area contributed by atoms with Crippen molar-refractivity contribution in [3.63, 3.8) is 0 Å². The van der Waals surface area contributed by atoms with E-state index in [4.69, 9.17) is 16.3 Å². The normalized spacial score (nSPS) is 12.3. The third kappa shape index (κ3) is 3.59. The van der Waals surface area contributed by atoms with Crippen molar-refractivity contribution in [3.8, 4) is 5.75 Å². The van der Waals surface area contributed by atoms with Crippen LogP contribution in [0.3, 0.4) is 0 Å². The molecule has 1 unspecified atom stereocenters. The van der Waals surface area contributed by atoms with Crippen LogP contribution in [0.2, 0.25) is 0 Å². The first kappa shape index (κ1) is 17.6. The highest BCUT2D eigenvalue weighted by molar-refractivity contribution is 14.1. The van der Waals surface area contributed by atoms with Gasteiger partial charge in [0.25, 0.3) is 0 Å². The summed E-state index contributed by atoms with van der Waals surface area (Å²) >= 11 is 16.3. The first-order valence-electron chi connectivity index (χ1n) is 6.29. The number of ether oxygens (including phenoxy) is 1. The third-order valence-corrected chi connectivity index (χ3v) is 6.07. The maximum atomic E-state index is 6.81. The summed E-state index contributed by atoms with van der Waals surface area (Å²) in [5.74, 6) is 0.849. The van der Waals surface area contributed by atoms with Crippen molar-refractivity contribution in [2.45, 2.75) is 19.2 Å². The molecule has 1 nitrogen and oxygen atoms in total. The van der Waals surface area contributed by atoms with Gasteiger partial charge in [0, 0.05) is 18.1 Å². The second-order valence-corrected chi connectivity index (χ2v) is 8.17. The van der Waals surface area contributed by atoms with Crippen LogP contribution < -0.4 is 4.74 Å². The largest absolute Gasteiger partial charge is 0.496 e. The summed E-state index contributed by atoms with van der Waals surface area (Å²) in [6.45, 7) is 4.08. The van der Waals surface area contributed by atoms with E-state index in [0.29, 0.717) is 0 Å². The predicted molar refractivity (Wildman–Crippen MR) is 105 cm³/mol. The van der Waals surface area contributed by atoms with Crippen LogP contribution in [0.25, 0.3) is 0 Å². The van der Waals surface area contributed by atoms with Gasteiger partial charge in [-0.05, 0) is 77.4 Å². The van der Waals surface area contributed by atoms with Crippen LogP contribution in [0.15, 0.2) is 33.2 Å². The summed E-state index contributed by atoms with van der Waals surface area (Å²) < 4.78 is 8.80. The average Bonchev–Trinajstić information content (AvgIpc) is 2.44. The van der Waals surface area contributed by atoms with Crippen molar-refractivity contribution >= 4 is 66.1 Å². The SMILES string of the molecule is COc1c(C)cc(Br)c(C)c1C(Cl)c1cc(I)ccc1Br. The Labute approximate surface area is 160 Å². The number of hydrogen-bond donors (Lipinski definition) is 0.